The van der Waals surface area contributed by atoms with E-state index in [4.69, 9.17) is 18.0 Å². The van der Waals surface area contributed by atoms with E-state index in [0.29, 0.717) is 11.5 Å². The molecular formula is C11H16N2O2S. The molecule has 5 heteroatoms. The number of imide groups is 1. The van der Waals surface area contributed by atoms with Crippen LogP contribution >= 0.6 is 12.2 Å². The number of carbonyl (C=O) groups excluding carboxylic acids is 2. The van der Waals surface area contributed by atoms with Crippen LogP contribution in [0.15, 0.2) is 0 Å². The molecule has 3 unspecified atom stereocenters. The SMILES string of the molecule is CC(CN1C(=O)C2C(C1=O)C2(C)C)C(N)=S. The Bertz CT molecular complexity index is 367. The molecule has 1 aliphatic heterocycles. The van der Waals surface area contributed by atoms with Crippen molar-refractivity contribution in [2.24, 2.45) is 28.9 Å². The van der Waals surface area contributed by atoms with Gasteiger partial charge in [-0.25, -0.2) is 0 Å². The molecule has 0 radical (unpaired) electrons. The van der Waals surface area contributed by atoms with Gasteiger partial charge >= 0.3 is 0 Å². The van der Waals surface area contributed by atoms with Crippen molar-refractivity contribution in [1.29, 1.82) is 0 Å². The molecule has 2 rings (SSSR count). The lowest BCUT2D eigenvalue weighted by Gasteiger charge is -2.23. The Morgan fingerprint density at radius 2 is 1.88 bits per heavy atom. The first-order valence-electron chi connectivity index (χ1n) is 5.43. The van der Waals surface area contributed by atoms with E-state index in [1.165, 1.54) is 4.90 Å². The third-order valence-electron chi connectivity index (χ3n) is 3.83. The summed E-state index contributed by atoms with van der Waals surface area (Å²) in [6.07, 6.45) is 0. The van der Waals surface area contributed by atoms with Crippen LogP contribution in [0.3, 0.4) is 0 Å². The third-order valence-corrected chi connectivity index (χ3v) is 4.24. The van der Waals surface area contributed by atoms with Crippen LogP contribution in [-0.2, 0) is 9.59 Å². The molecule has 4 nitrogen and oxygen atoms in total. The molecule has 0 aromatic heterocycles. The Kier molecular flexibility index (Phi) is 2.35. The van der Waals surface area contributed by atoms with E-state index < -0.39 is 0 Å². The molecule has 1 aliphatic carbocycles. The van der Waals surface area contributed by atoms with Crippen molar-refractivity contribution in [3.63, 3.8) is 0 Å². The van der Waals surface area contributed by atoms with Crippen LogP contribution in [0.1, 0.15) is 20.8 Å². The van der Waals surface area contributed by atoms with Crippen molar-refractivity contribution in [3.8, 4) is 0 Å². The number of amides is 2. The minimum absolute atomic E-state index is 0.0527. The van der Waals surface area contributed by atoms with Crippen LogP contribution < -0.4 is 5.73 Å². The number of nitrogens with zero attached hydrogens (tertiary/aromatic N) is 1. The molecular weight excluding hydrogens is 224 g/mol. The summed E-state index contributed by atoms with van der Waals surface area (Å²) in [7, 11) is 0. The number of thiocarbonyl (C=S) groups is 1. The second-order valence-corrected chi connectivity index (χ2v) is 5.84. The van der Waals surface area contributed by atoms with Crippen LogP contribution in [0.4, 0.5) is 0 Å². The predicted octanol–water partition coefficient (Wildman–Crippen LogP) is 0.550. The van der Waals surface area contributed by atoms with Gasteiger partial charge in [-0.2, -0.15) is 0 Å². The molecule has 2 fully saturated rings. The zero-order valence-electron chi connectivity index (χ0n) is 9.69. The van der Waals surface area contributed by atoms with Crippen molar-refractivity contribution in [2.75, 3.05) is 6.54 Å². The Hall–Kier alpha value is -0.970. The number of hydrogen-bond donors (Lipinski definition) is 1. The highest BCUT2D eigenvalue weighted by atomic mass is 32.1. The summed E-state index contributed by atoms with van der Waals surface area (Å²) < 4.78 is 0. The predicted molar refractivity (Wildman–Crippen MR) is 63.4 cm³/mol. The Labute approximate surface area is 100 Å². The fourth-order valence-corrected chi connectivity index (χ4v) is 2.62. The molecule has 88 valence electrons. The van der Waals surface area contributed by atoms with Gasteiger partial charge < -0.3 is 5.73 Å². The molecule has 0 bridgehead atoms. The quantitative estimate of drug-likeness (QED) is 0.578. The average Bonchev–Trinajstić information content (AvgIpc) is 2.64. The minimum atomic E-state index is -0.142. The van der Waals surface area contributed by atoms with Gasteiger partial charge in [0.05, 0.1) is 16.8 Å². The van der Waals surface area contributed by atoms with Gasteiger partial charge in [0.2, 0.25) is 11.8 Å². The van der Waals surface area contributed by atoms with Gasteiger partial charge in [0.1, 0.15) is 0 Å². The molecule has 3 atom stereocenters. The van der Waals surface area contributed by atoms with Crippen molar-refractivity contribution in [3.05, 3.63) is 0 Å². The number of carbonyl (C=O) groups is 2. The van der Waals surface area contributed by atoms with E-state index in [2.05, 4.69) is 0 Å². The number of rotatable bonds is 3. The average molecular weight is 240 g/mol. The first kappa shape index (κ1) is 11.5. The second kappa shape index (κ2) is 3.26. The van der Waals surface area contributed by atoms with Gasteiger partial charge in [0.15, 0.2) is 0 Å². The van der Waals surface area contributed by atoms with E-state index in [9.17, 15) is 9.59 Å². The maximum absolute atomic E-state index is 12.0. The summed E-state index contributed by atoms with van der Waals surface area (Å²) in [4.78, 5) is 25.6. The van der Waals surface area contributed by atoms with Gasteiger partial charge in [-0.05, 0) is 5.41 Å². The lowest BCUT2D eigenvalue weighted by Crippen LogP contribution is -2.41. The topological polar surface area (TPSA) is 63.4 Å². The highest BCUT2D eigenvalue weighted by Crippen LogP contribution is 2.63. The van der Waals surface area contributed by atoms with Gasteiger partial charge in [-0.15, -0.1) is 0 Å². The molecule has 2 amide bonds. The van der Waals surface area contributed by atoms with Crippen LogP contribution in [0.25, 0.3) is 0 Å². The number of nitrogens with two attached hydrogens (primary N) is 1. The summed E-state index contributed by atoms with van der Waals surface area (Å²) >= 11 is 4.84. The lowest BCUT2D eigenvalue weighted by atomic mass is 10.0. The van der Waals surface area contributed by atoms with Gasteiger partial charge in [0.25, 0.3) is 0 Å². The van der Waals surface area contributed by atoms with E-state index in [1.807, 2.05) is 20.8 Å². The molecule has 2 N–H and O–H groups in total. The molecule has 16 heavy (non-hydrogen) atoms. The number of hydrogen-bond acceptors (Lipinski definition) is 3. The van der Waals surface area contributed by atoms with E-state index >= 15 is 0 Å². The van der Waals surface area contributed by atoms with E-state index in [0.717, 1.165) is 0 Å². The van der Waals surface area contributed by atoms with Crippen LogP contribution in [-0.4, -0.2) is 28.2 Å². The summed E-state index contributed by atoms with van der Waals surface area (Å²) in [6.45, 7) is 6.09. The Balaban J connectivity index is 2.09. The Morgan fingerprint density at radius 1 is 1.44 bits per heavy atom. The van der Waals surface area contributed by atoms with Gasteiger partial charge in [-0.1, -0.05) is 33.0 Å². The number of likely N-dealkylation sites (tertiary alicyclic amines) is 1. The van der Waals surface area contributed by atoms with Crippen molar-refractivity contribution in [1.82, 2.24) is 4.90 Å². The highest BCUT2D eigenvalue weighted by molar-refractivity contribution is 7.80. The molecule has 1 saturated heterocycles. The molecule has 0 spiro atoms. The van der Waals surface area contributed by atoms with Crippen LogP contribution in [0, 0.1) is 23.2 Å². The number of piperidine rings is 1. The largest absolute Gasteiger partial charge is 0.393 e. The van der Waals surface area contributed by atoms with Crippen molar-refractivity contribution < 1.29 is 9.59 Å². The minimum Gasteiger partial charge on any atom is -0.393 e. The standard InChI is InChI=1S/C11H16N2O2S/c1-5(8(12)16)4-13-9(14)6-7(10(13)15)11(6,2)3/h5-7H,4H2,1-3H3,(H2,12,16). The van der Waals surface area contributed by atoms with Crippen molar-refractivity contribution >= 4 is 29.0 Å². The fraction of sp³-hybridized carbons (Fsp3) is 0.727. The first-order chi connectivity index (χ1) is 7.28. The van der Waals surface area contributed by atoms with Crippen LogP contribution in [0.2, 0.25) is 0 Å². The molecule has 2 aliphatic rings. The Morgan fingerprint density at radius 3 is 2.25 bits per heavy atom. The molecule has 1 saturated carbocycles. The zero-order chi connectivity index (χ0) is 12.2. The van der Waals surface area contributed by atoms with E-state index in [-0.39, 0.29) is 35.0 Å². The van der Waals surface area contributed by atoms with Crippen molar-refractivity contribution in [2.45, 2.75) is 20.8 Å². The summed E-state index contributed by atoms with van der Waals surface area (Å²) in [5.41, 5.74) is 5.34. The zero-order valence-corrected chi connectivity index (χ0v) is 10.5. The number of fused-ring (bicyclic) bond motifs is 1. The maximum Gasteiger partial charge on any atom is 0.233 e. The fourth-order valence-electron chi connectivity index (χ4n) is 2.55. The molecule has 1 heterocycles. The van der Waals surface area contributed by atoms with E-state index in [1.54, 1.807) is 0 Å². The summed E-state index contributed by atoms with van der Waals surface area (Å²) in [5, 5.41) is 0. The normalized spacial score (nSPS) is 32.6. The molecule has 0 aromatic rings. The highest BCUT2D eigenvalue weighted by Gasteiger charge is 2.72. The smallest absolute Gasteiger partial charge is 0.233 e. The molecule has 0 aromatic carbocycles. The summed E-state index contributed by atoms with van der Waals surface area (Å²) in [6, 6.07) is 0. The monoisotopic (exact) mass is 240 g/mol. The van der Waals surface area contributed by atoms with Crippen LogP contribution in [0.5, 0.6) is 0 Å². The summed E-state index contributed by atoms with van der Waals surface area (Å²) in [5.74, 6) is -0.438. The first-order valence-corrected chi connectivity index (χ1v) is 5.84. The maximum atomic E-state index is 12.0. The van der Waals surface area contributed by atoms with Gasteiger partial charge in [0, 0.05) is 12.5 Å². The lowest BCUT2D eigenvalue weighted by molar-refractivity contribution is -0.143. The second-order valence-electron chi connectivity index (χ2n) is 5.37. The third kappa shape index (κ3) is 1.38. The van der Waals surface area contributed by atoms with Gasteiger partial charge in [-0.3, -0.25) is 14.5 Å².